The van der Waals surface area contributed by atoms with Crippen LogP contribution >= 0.6 is 0 Å². The summed E-state index contributed by atoms with van der Waals surface area (Å²) in [4.78, 5) is 12.0. The fraction of sp³-hybridized carbons (Fsp3) is 0.389. The van der Waals surface area contributed by atoms with Gasteiger partial charge in [0.2, 0.25) is 5.91 Å². The normalized spacial score (nSPS) is 19.3. The number of carbonyl (C=O) groups is 1. The predicted molar refractivity (Wildman–Crippen MR) is 83.9 cm³/mol. The lowest BCUT2D eigenvalue weighted by Crippen LogP contribution is -2.44. The molecule has 0 heterocycles. The Bertz CT molecular complexity index is 659. The van der Waals surface area contributed by atoms with Crippen molar-refractivity contribution in [3.63, 3.8) is 0 Å². The van der Waals surface area contributed by atoms with E-state index in [2.05, 4.69) is 0 Å². The minimum atomic E-state index is -0.994. The summed E-state index contributed by atoms with van der Waals surface area (Å²) in [5.74, 6) is -1.06. The number of aliphatic hydroxyl groups is 1. The van der Waals surface area contributed by atoms with E-state index in [9.17, 15) is 9.90 Å². The maximum Gasteiger partial charge on any atom is 0.227 e. The van der Waals surface area contributed by atoms with Gasteiger partial charge in [0.1, 0.15) is 0 Å². The quantitative estimate of drug-likeness (QED) is 0.909. The first-order chi connectivity index (χ1) is 10.1. The number of hydrogen-bond donors (Lipinski definition) is 2. The summed E-state index contributed by atoms with van der Waals surface area (Å²) < 4.78 is 0. The molecule has 110 valence electrons. The predicted octanol–water partition coefficient (Wildman–Crippen LogP) is 3.10. The highest BCUT2D eigenvalue weighted by Gasteiger charge is 2.42. The van der Waals surface area contributed by atoms with Gasteiger partial charge in [-0.3, -0.25) is 4.79 Å². The van der Waals surface area contributed by atoms with Crippen LogP contribution in [0.2, 0.25) is 0 Å². The van der Waals surface area contributed by atoms with Crippen LogP contribution in [0.15, 0.2) is 42.5 Å². The lowest BCUT2D eigenvalue weighted by atomic mass is 9.72. The van der Waals surface area contributed by atoms with Crippen LogP contribution in [0.5, 0.6) is 0 Å². The molecule has 2 aromatic carbocycles. The van der Waals surface area contributed by atoms with E-state index in [1.165, 1.54) is 0 Å². The van der Waals surface area contributed by atoms with E-state index in [4.69, 9.17) is 5.73 Å². The summed E-state index contributed by atoms with van der Waals surface area (Å²) in [7, 11) is 0. The highest BCUT2D eigenvalue weighted by molar-refractivity contribution is 5.88. The Kier molecular flexibility index (Phi) is 3.68. The minimum Gasteiger partial charge on any atom is -0.389 e. The van der Waals surface area contributed by atoms with Crippen LogP contribution in [0.1, 0.15) is 43.6 Å². The van der Waals surface area contributed by atoms with Crippen molar-refractivity contribution in [2.75, 3.05) is 0 Å². The van der Waals surface area contributed by atoms with Crippen LogP contribution in [0, 0.1) is 0 Å². The molecule has 3 rings (SSSR count). The van der Waals surface area contributed by atoms with Crippen LogP contribution in [0.4, 0.5) is 0 Å². The molecule has 0 aromatic heterocycles. The second-order valence-corrected chi connectivity index (χ2v) is 6.11. The van der Waals surface area contributed by atoms with Crippen LogP contribution in [-0.4, -0.2) is 16.6 Å². The molecule has 1 atom stereocenters. The molecule has 1 aliphatic rings. The first-order valence-corrected chi connectivity index (χ1v) is 7.60. The summed E-state index contributed by atoms with van der Waals surface area (Å²) >= 11 is 0. The zero-order chi connectivity index (χ0) is 14.9. The maximum atomic E-state index is 12.0. The fourth-order valence-corrected chi connectivity index (χ4v) is 3.58. The minimum absolute atomic E-state index is 0.435. The average Bonchev–Trinajstić information content (AvgIpc) is 2.47. The third kappa shape index (κ3) is 2.66. The molecular weight excluding hydrogens is 262 g/mol. The number of carbonyl (C=O) groups excluding carboxylic acids is 1. The van der Waals surface area contributed by atoms with Gasteiger partial charge in [-0.05, 0) is 29.2 Å². The largest absolute Gasteiger partial charge is 0.389 e. The topological polar surface area (TPSA) is 63.3 Å². The van der Waals surface area contributed by atoms with Crippen molar-refractivity contribution in [2.45, 2.75) is 43.6 Å². The number of fused-ring (bicyclic) bond motifs is 1. The molecule has 1 saturated carbocycles. The summed E-state index contributed by atoms with van der Waals surface area (Å²) in [6.45, 7) is 0. The van der Waals surface area contributed by atoms with E-state index >= 15 is 0 Å². The molecule has 1 fully saturated rings. The monoisotopic (exact) mass is 283 g/mol. The van der Waals surface area contributed by atoms with Gasteiger partial charge in [-0.1, -0.05) is 61.7 Å². The summed E-state index contributed by atoms with van der Waals surface area (Å²) in [5, 5.41) is 13.1. The zero-order valence-electron chi connectivity index (χ0n) is 12.1. The molecule has 3 N–H and O–H groups in total. The second-order valence-electron chi connectivity index (χ2n) is 6.11. The fourth-order valence-electron chi connectivity index (χ4n) is 3.58. The number of primary amides is 1. The van der Waals surface area contributed by atoms with Gasteiger partial charge in [-0.15, -0.1) is 0 Å². The van der Waals surface area contributed by atoms with E-state index in [1.807, 2.05) is 42.5 Å². The number of amides is 1. The SMILES string of the molecule is NC(=O)C(c1ccc2ccccc2c1)C1(O)CCCCC1. The molecule has 3 nitrogen and oxygen atoms in total. The van der Waals surface area contributed by atoms with Gasteiger partial charge in [0, 0.05) is 0 Å². The third-order valence-electron chi connectivity index (χ3n) is 4.65. The van der Waals surface area contributed by atoms with Gasteiger partial charge in [0.15, 0.2) is 0 Å². The molecule has 21 heavy (non-hydrogen) atoms. The molecule has 2 aromatic rings. The molecule has 0 radical (unpaired) electrons. The molecule has 1 amide bonds. The first kappa shape index (κ1) is 14.1. The standard InChI is InChI=1S/C18H21NO2/c19-17(20)16(18(21)10-4-1-5-11-18)15-9-8-13-6-2-3-7-14(13)12-15/h2-3,6-9,12,16,21H,1,4-5,10-11H2,(H2,19,20). The summed E-state index contributed by atoms with van der Waals surface area (Å²) in [6.07, 6.45) is 4.31. The molecule has 1 unspecified atom stereocenters. The second kappa shape index (κ2) is 5.49. The zero-order valence-corrected chi connectivity index (χ0v) is 12.1. The van der Waals surface area contributed by atoms with Crippen molar-refractivity contribution in [1.29, 1.82) is 0 Å². The number of nitrogens with two attached hydrogens (primary N) is 1. The van der Waals surface area contributed by atoms with E-state index in [1.54, 1.807) is 0 Å². The summed E-state index contributed by atoms with van der Waals surface area (Å²) in [5.41, 5.74) is 5.46. The lowest BCUT2D eigenvalue weighted by molar-refractivity contribution is -0.127. The Hall–Kier alpha value is -1.87. The van der Waals surface area contributed by atoms with E-state index in [0.29, 0.717) is 12.8 Å². The number of rotatable bonds is 3. The van der Waals surface area contributed by atoms with Crippen LogP contribution in [0.3, 0.4) is 0 Å². The molecule has 0 aliphatic heterocycles. The molecule has 3 heteroatoms. The lowest BCUT2D eigenvalue weighted by Gasteiger charge is -2.38. The van der Waals surface area contributed by atoms with Crippen molar-refractivity contribution in [1.82, 2.24) is 0 Å². The van der Waals surface area contributed by atoms with Gasteiger partial charge in [-0.2, -0.15) is 0 Å². The van der Waals surface area contributed by atoms with Crippen molar-refractivity contribution in [2.24, 2.45) is 5.73 Å². The van der Waals surface area contributed by atoms with Gasteiger partial charge >= 0.3 is 0 Å². The Balaban J connectivity index is 2.04. The highest BCUT2D eigenvalue weighted by atomic mass is 16.3. The van der Waals surface area contributed by atoms with Crippen molar-refractivity contribution in [3.8, 4) is 0 Å². The van der Waals surface area contributed by atoms with E-state index in [0.717, 1.165) is 35.6 Å². The highest BCUT2D eigenvalue weighted by Crippen LogP contribution is 2.40. The maximum absolute atomic E-state index is 12.0. The Morgan fingerprint density at radius 1 is 1.05 bits per heavy atom. The van der Waals surface area contributed by atoms with E-state index < -0.39 is 17.4 Å². The molecular formula is C18H21NO2. The van der Waals surface area contributed by atoms with Crippen molar-refractivity contribution < 1.29 is 9.90 Å². The summed E-state index contributed by atoms with van der Waals surface area (Å²) in [6, 6.07) is 13.9. The van der Waals surface area contributed by atoms with E-state index in [-0.39, 0.29) is 0 Å². The molecule has 1 aliphatic carbocycles. The van der Waals surface area contributed by atoms with Gasteiger partial charge in [-0.25, -0.2) is 0 Å². The number of hydrogen-bond acceptors (Lipinski definition) is 2. The molecule has 0 spiro atoms. The smallest absolute Gasteiger partial charge is 0.227 e. The van der Waals surface area contributed by atoms with Crippen molar-refractivity contribution >= 4 is 16.7 Å². The molecule has 0 bridgehead atoms. The molecule has 0 saturated heterocycles. The third-order valence-corrected chi connectivity index (χ3v) is 4.65. The van der Waals surface area contributed by atoms with Gasteiger partial charge in [0.25, 0.3) is 0 Å². The van der Waals surface area contributed by atoms with Crippen LogP contribution in [-0.2, 0) is 4.79 Å². The van der Waals surface area contributed by atoms with Crippen LogP contribution in [0.25, 0.3) is 10.8 Å². The number of benzene rings is 2. The Morgan fingerprint density at radius 3 is 2.38 bits per heavy atom. The Morgan fingerprint density at radius 2 is 1.71 bits per heavy atom. The van der Waals surface area contributed by atoms with Crippen molar-refractivity contribution in [3.05, 3.63) is 48.0 Å². The van der Waals surface area contributed by atoms with Gasteiger partial charge in [0.05, 0.1) is 11.5 Å². The van der Waals surface area contributed by atoms with Crippen LogP contribution < -0.4 is 5.73 Å². The van der Waals surface area contributed by atoms with Gasteiger partial charge < -0.3 is 10.8 Å². The first-order valence-electron chi connectivity index (χ1n) is 7.60. The average molecular weight is 283 g/mol. The Labute approximate surface area is 124 Å².